The number of aryl methyl sites for hydroxylation is 1. The van der Waals surface area contributed by atoms with Crippen LogP contribution in [0.4, 0.5) is 5.69 Å². The number of rotatable bonds is 7. The summed E-state index contributed by atoms with van der Waals surface area (Å²) in [4.78, 5) is 15.4. The van der Waals surface area contributed by atoms with E-state index in [0.29, 0.717) is 24.6 Å². The van der Waals surface area contributed by atoms with Gasteiger partial charge in [0.15, 0.2) is 5.78 Å². The molecule has 3 aromatic rings. The standard InChI is InChI=1S/C24H27N3O2.ClH/c1-5-29-24(23-17(2)22(19(4)28)18(3)25-23)26-27(21-14-10-7-11-15-21)16-20-12-8-6-9-13-20;/h6-15,25H,5,16H2,1-4H3;1H. The van der Waals surface area contributed by atoms with Crippen molar-refractivity contribution in [2.75, 3.05) is 11.6 Å². The van der Waals surface area contributed by atoms with Crippen LogP contribution in [0.1, 0.15) is 46.7 Å². The number of nitrogens with one attached hydrogen (secondary N) is 1. The maximum atomic E-state index is 12.1. The van der Waals surface area contributed by atoms with Crippen LogP contribution in [0, 0.1) is 13.8 Å². The molecule has 0 amide bonds. The fourth-order valence-electron chi connectivity index (χ4n) is 3.43. The average Bonchev–Trinajstić information content (AvgIpc) is 3.02. The monoisotopic (exact) mass is 425 g/mol. The maximum Gasteiger partial charge on any atom is 0.255 e. The van der Waals surface area contributed by atoms with E-state index in [-0.39, 0.29) is 18.2 Å². The Labute approximate surface area is 184 Å². The molecule has 0 bridgehead atoms. The molecule has 0 atom stereocenters. The van der Waals surface area contributed by atoms with Gasteiger partial charge in [0.05, 0.1) is 18.8 Å². The van der Waals surface area contributed by atoms with Crippen LogP contribution in [-0.4, -0.2) is 23.3 Å². The quantitative estimate of drug-likeness (QED) is 0.230. The molecule has 1 aromatic heterocycles. The predicted octanol–water partition coefficient (Wildman–Crippen LogP) is 5.66. The van der Waals surface area contributed by atoms with Crippen LogP contribution in [0.2, 0.25) is 0 Å². The fourth-order valence-corrected chi connectivity index (χ4v) is 3.43. The molecule has 0 unspecified atom stereocenters. The number of hydrazone groups is 1. The van der Waals surface area contributed by atoms with E-state index >= 15 is 0 Å². The molecule has 0 fully saturated rings. The molecular formula is C24H28ClN3O2. The molecule has 3 rings (SSSR count). The highest BCUT2D eigenvalue weighted by atomic mass is 35.5. The van der Waals surface area contributed by atoms with Gasteiger partial charge in [0.2, 0.25) is 0 Å². The summed E-state index contributed by atoms with van der Waals surface area (Å²) in [6.07, 6.45) is 0. The summed E-state index contributed by atoms with van der Waals surface area (Å²) in [5, 5.41) is 6.78. The van der Waals surface area contributed by atoms with E-state index in [9.17, 15) is 4.79 Å². The number of nitrogens with zero attached hydrogens (tertiary/aromatic N) is 2. The number of halogens is 1. The third-order valence-corrected chi connectivity index (χ3v) is 4.73. The minimum absolute atomic E-state index is 0. The number of ether oxygens (including phenoxy) is 1. The van der Waals surface area contributed by atoms with Crippen LogP contribution < -0.4 is 5.01 Å². The van der Waals surface area contributed by atoms with Crippen LogP contribution in [0.25, 0.3) is 0 Å². The molecular weight excluding hydrogens is 398 g/mol. The number of ketones is 1. The third-order valence-electron chi connectivity index (χ3n) is 4.73. The number of hydrogen-bond acceptors (Lipinski definition) is 4. The van der Waals surface area contributed by atoms with E-state index in [0.717, 1.165) is 28.2 Å². The van der Waals surface area contributed by atoms with Crippen LogP contribution in [0.5, 0.6) is 0 Å². The van der Waals surface area contributed by atoms with Gasteiger partial charge in [0, 0.05) is 11.3 Å². The highest BCUT2D eigenvalue weighted by Crippen LogP contribution is 2.22. The lowest BCUT2D eigenvalue weighted by atomic mass is 10.1. The van der Waals surface area contributed by atoms with Gasteiger partial charge >= 0.3 is 0 Å². The zero-order valence-electron chi connectivity index (χ0n) is 17.8. The minimum Gasteiger partial charge on any atom is -0.475 e. The second-order valence-corrected chi connectivity index (χ2v) is 6.90. The summed E-state index contributed by atoms with van der Waals surface area (Å²) >= 11 is 0. The van der Waals surface area contributed by atoms with Gasteiger partial charge in [-0.2, -0.15) is 0 Å². The molecule has 1 heterocycles. The first kappa shape index (κ1) is 23.2. The van der Waals surface area contributed by atoms with E-state index in [1.807, 2.05) is 74.3 Å². The van der Waals surface area contributed by atoms with Gasteiger partial charge in [0.25, 0.3) is 5.90 Å². The topological polar surface area (TPSA) is 57.7 Å². The number of carbonyl (C=O) groups is 1. The lowest BCUT2D eigenvalue weighted by Crippen LogP contribution is -2.21. The van der Waals surface area contributed by atoms with Gasteiger partial charge in [-0.3, -0.25) is 9.80 Å². The van der Waals surface area contributed by atoms with Crippen LogP contribution in [0.3, 0.4) is 0 Å². The lowest BCUT2D eigenvalue weighted by molar-refractivity contribution is 0.101. The number of H-pyrrole nitrogens is 1. The maximum absolute atomic E-state index is 12.1. The highest BCUT2D eigenvalue weighted by Gasteiger charge is 2.21. The van der Waals surface area contributed by atoms with E-state index in [1.165, 1.54) is 0 Å². The van der Waals surface area contributed by atoms with Crippen molar-refractivity contribution < 1.29 is 9.53 Å². The Hall–Kier alpha value is -3.05. The first-order valence-corrected chi connectivity index (χ1v) is 9.79. The van der Waals surface area contributed by atoms with Crippen LogP contribution >= 0.6 is 12.4 Å². The Balaban J connectivity index is 0.00000320. The Morgan fingerprint density at radius 2 is 1.63 bits per heavy atom. The second kappa shape index (κ2) is 10.6. The van der Waals surface area contributed by atoms with Crippen molar-refractivity contribution >= 4 is 29.8 Å². The summed E-state index contributed by atoms with van der Waals surface area (Å²) in [7, 11) is 0. The number of Topliss-reactive ketones (excluding diaryl/α,β-unsaturated/α-hetero) is 1. The number of para-hydroxylation sites is 1. The summed E-state index contributed by atoms with van der Waals surface area (Å²) in [6.45, 7) is 8.40. The van der Waals surface area contributed by atoms with Crippen molar-refractivity contribution in [3.63, 3.8) is 0 Å². The molecule has 5 nitrogen and oxygen atoms in total. The molecule has 0 saturated heterocycles. The first-order chi connectivity index (χ1) is 14.0. The van der Waals surface area contributed by atoms with E-state index in [4.69, 9.17) is 9.84 Å². The lowest BCUT2D eigenvalue weighted by Gasteiger charge is -2.21. The summed E-state index contributed by atoms with van der Waals surface area (Å²) in [6, 6.07) is 20.2. The third kappa shape index (κ3) is 5.30. The molecule has 2 aromatic carbocycles. The van der Waals surface area contributed by atoms with Crippen molar-refractivity contribution in [3.05, 3.63) is 88.7 Å². The van der Waals surface area contributed by atoms with Crippen LogP contribution in [0.15, 0.2) is 65.8 Å². The van der Waals surface area contributed by atoms with Crippen molar-refractivity contribution in [1.82, 2.24) is 4.98 Å². The number of aromatic amines is 1. The normalized spacial score (nSPS) is 11.0. The van der Waals surface area contributed by atoms with Gasteiger partial charge in [-0.15, -0.1) is 17.5 Å². The summed E-state index contributed by atoms with van der Waals surface area (Å²) < 4.78 is 5.91. The van der Waals surface area contributed by atoms with Gasteiger partial charge in [-0.05, 0) is 51.0 Å². The number of anilines is 1. The Morgan fingerprint density at radius 3 is 2.17 bits per heavy atom. The molecule has 30 heavy (non-hydrogen) atoms. The number of aromatic nitrogens is 1. The smallest absolute Gasteiger partial charge is 0.255 e. The van der Waals surface area contributed by atoms with Crippen LogP contribution in [-0.2, 0) is 11.3 Å². The zero-order valence-corrected chi connectivity index (χ0v) is 18.6. The van der Waals surface area contributed by atoms with Gasteiger partial charge in [-0.1, -0.05) is 48.5 Å². The Bertz CT molecular complexity index is 998. The molecule has 1 N–H and O–H groups in total. The largest absolute Gasteiger partial charge is 0.475 e. The van der Waals surface area contributed by atoms with Gasteiger partial charge < -0.3 is 9.72 Å². The van der Waals surface area contributed by atoms with Crippen molar-refractivity contribution in [2.45, 2.75) is 34.2 Å². The summed E-state index contributed by atoms with van der Waals surface area (Å²) in [5.41, 5.74) is 5.22. The molecule has 0 spiro atoms. The SMILES string of the molecule is CCOC(=NN(Cc1ccccc1)c1ccccc1)c1[nH]c(C)c(C(C)=O)c1C.Cl. The molecule has 0 saturated carbocycles. The molecule has 0 radical (unpaired) electrons. The summed E-state index contributed by atoms with van der Waals surface area (Å²) in [5.74, 6) is 0.503. The zero-order chi connectivity index (χ0) is 20.8. The average molecular weight is 426 g/mol. The molecule has 0 aliphatic heterocycles. The van der Waals surface area contributed by atoms with E-state index < -0.39 is 0 Å². The fraction of sp³-hybridized carbons (Fsp3) is 0.250. The molecule has 0 aliphatic carbocycles. The van der Waals surface area contributed by atoms with E-state index in [2.05, 4.69) is 17.1 Å². The van der Waals surface area contributed by atoms with Gasteiger partial charge in [0.1, 0.15) is 5.69 Å². The minimum atomic E-state index is 0. The predicted molar refractivity (Wildman–Crippen MR) is 125 cm³/mol. The Kier molecular flexibility index (Phi) is 8.25. The van der Waals surface area contributed by atoms with Crippen molar-refractivity contribution in [3.8, 4) is 0 Å². The van der Waals surface area contributed by atoms with Crippen molar-refractivity contribution in [2.24, 2.45) is 5.10 Å². The molecule has 6 heteroatoms. The number of carbonyl (C=O) groups excluding carboxylic acids is 1. The highest BCUT2D eigenvalue weighted by molar-refractivity contribution is 6.02. The Morgan fingerprint density at radius 1 is 1.03 bits per heavy atom. The van der Waals surface area contributed by atoms with Crippen molar-refractivity contribution in [1.29, 1.82) is 0 Å². The molecule has 158 valence electrons. The number of hydrogen-bond donors (Lipinski definition) is 1. The number of benzene rings is 2. The first-order valence-electron chi connectivity index (χ1n) is 9.79. The van der Waals surface area contributed by atoms with Gasteiger partial charge in [-0.25, -0.2) is 0 Å². The van der Waals surface area contributed by atoms with E-state index in [1.54, 1.807) is 6.92 Å². The molecule has 0 aliphatic rings. The second-order valence-electron chi connectivity index (χ2n) is 6.90.